The molecule has 1 fully saturated rings. The molecule has 2 aliphatic heterocycles. The summed E-state index contributed by atoms with van der Waals surface area (Å²) in [5, 5.41) is 8.15. The molecule has 1 aromatic carbocycles. The van der Waals surface area contributed by atoms with E-state index in [1.807, 2.05) is 42.6 Å². The Balaban J connectivity index is 1.10. The molecule has 178 valence electrons. The van der Waals surface area contributed by atoms with Crippen molar-refractivity contribution in [3.63, 3.8) is 0 Å². The zero-order valence-electron chi connectivity index (χ0n) is 19.3. The molecule has 1 amide bonds. The Labute approximate surface area is 204 Å². The predicted molar refractivity (Wildman–Crippen MR) is 137 cm³/mol. The Hall–Kier alpha value is -2.84. The van der Waals surface area contributed by atoms with Crippen molar-refractivity contribution in [1.29, 1.82) is 0 Å². The summed E-state index contributed by atoms with van der Waals surface area (Å²) in [4.78, 5) is 24.9. The lowest BCUT2D eigenvalue weighted by molar-refractivity contribution is -0.119. The van der Waals surface area contributed by atoms with Crippen LogP contribution >= 0.6 is 11.8 Å². The van der Waals surface area contributed by atoms with Gasteiger partial charge in [-0.25, -0.2) is 4.98 Å². The van der Waals surface area contributed by atoms with Crippen LogP contribution in [-0.2, 0) is 11.2 Å². The molecule has 0 spiro atoms. The molecule has 2 aromatic heterocycles. The van der Waals surface area contributed by atoms with Gasteiger partial charge in [0.1, 0.15) is 11.4 Å². The number of nitrogens with zero attached hydrogens (tertiary/aromatic N) is 2. The molecule has 1 atom stereocenters. The molecular formula is C26H31N5O2S. The van der Waals surface area contributed by atoms with Gasteiger partial charge < -0.3 is 20.4 Å². The van der Waals surface area contributed by atoms with E-state index in [9.17, 15) is 4.79 Å². The molecule has 4 heterocycles. The molecule has 0 radical (unpaired) electrons. The van der Waals surface area contributed by atoms with Crippen molar-refractivity contribution in [2.45, 2.75) is 38.1 Å². The fourth-order valence-electron chi connectivity index (χ4n) is 4.68. The molecule has 1 unspecified atom stereocenters. The maximum absolute atomic E-state index is 12.7. The van der Waals surface area contributed by atoms with Crippen LogP contribution in [-0.4, -0.2) is 46.5 Å². The molecule has 8 heteroatoms. The summed E-state index contributed by atoms with van der Waals surface area (Å²) in [6, 6.07) is 11.8. The average molecular weight is 478 g/mol. The third-order valence-electron chi connectivity index (χ3n) is 6.49. The number of ether oxygens (including phenoxy) is 1. The number of benzene rings is 1. The summed E-state index contributed by atoms with van der Waals surface area (Å²) < 4.78 is 5.96. The quantitative estimate of drug-likeness (QED) is 0.423. The third-order valence-corrected chi connectivity index (χ3v) is 7.45. The number of pyridine rings is 1. The molecule has 0 aliphatic carbocycles. The highest BCUT2D eigenvalue weighted by atomic mass is 32.2. The van der Waals surface area contributed by atoms with E-state index in [1.165, 1.54) is 19.3 Å². The minimum Gasteiger partial charge on any atom is -0.494 e. The van der Waals surface area contributed by atoms with Gasteiger partial charge in [0.2, 0.25) is 5.91 Å². The first-order chi connectivity index (χ1) is 16.7. The van der Waals surface area contributed by atoms with Gasteiger partial charge in [-0.15, -0.1) is 0 Å². The Kier molecular flexibility index (Phi) is 7.46. The number of fused-ring (bicyclic) bond motifs is 1. The van der Waals surface area contributed by atoms with Gasteiger partial charge in [-0.1, -0.05) is 23.9 Å². The maximum Gasteiger partial charge on any atom is 0.230 e. The number of amides is 1. The first kappa shape index (κ1) is 22.9. The minimum absolute atomic E-state index is 0.0138. The van der Waals surface area contributed by atoms with Crippen LogP contribution < -0.4 is 15.4 Å². The van der Waals surface area contributed by atoms with Crippen molar-refractivity contribution in [3.8, 4) is 5.75 Å². The molecule has 1 saturated heterocycles. The van der Waals surface area contributed by atoms with Crippen molar-refractivity contribution in [2.24, 2.45) is 10.9 Å². The number of carbonyl (C=O) groups excluding carboxylic acids is 1. The Bertz CT molecular complexity index is 1150. The van der Waals surface area contributed by atoms with Crippen LogP contribution in [0.2, 0.25) is 0 Å². The van der Waals surface area contributed by atoms with Gasteiger partial charge in [0, 0.05) is 29.1 Å². The normalized spacial score (nSPS) is 18.7. The lowest BCUT2D eigenvalue weighted by Gasteiger charge is -2.22. The second-order valence-corrected chi connectivity index (χ2v) is 9.97. The van der Waals surface area contributed by atoms with E-state index in [4.69, 9.17) is 9.73 Å². The van der Waals surface area contributed by atoms with Gasteiger partial charge >= 0.3 is 0 Å². The Morgan fingerprint density at radius 1 is 1.21 bits per heavy atom. The number of nitrogens with one attached hydrogen (secondary N) is 3. The van der Waals surface area contributed by atoms with Crippen LogP contribution in [0.1, 0.15) is 42.9 Å². The number of aromatic amines is 1. The molecule has 0 saturated carbocycles. The van der Waals surface area contributed by atoms with E-state index >= 15 is 0 Å². The second kappa shape index (κ2) is 11.1. The SMILES string of the molecule is O=C(Cc1cccc(OCCCC2CCNCC2)c1)NC1=NC(c2c[nH]c3ncccc23)CS1. The van der Waals surface area contributed by atoms with Crippen molar-refractivity contribution in [1.82, 2.24) is 20.6 Å². The van der Waals surface area contributed by atoms with Gasteiger partial charge in [-0.2, -0.15) is 0 Å². The van der Waals surface area contributed by atoms with Crippen molar-refractivity contribution >= 4 is 33.9 Å². The van der Waals surface area contributed by atoms with E-state index in [1.54, 1.807) is 18.0 Å². The fraction of sp³-hybridized carbons (Fsp3) is 0.423. The predicted octanol–water partition coefficient (Wildman–Crippen LogP) is 4.22. The Morgan fingerprint density at radius 3 is 3.03 bits per heavy atom. The van der Waals surface area contributed by atoms with E-state index in [0.717, 1.165) is 65.7 Å². The molecule has 0 bridgehead atoms. The van der Waals surface area contributed by atoms with Gasteiger partial charge in [0.05, 0.1) is 19.1 Å². The number of piperidine rings is 1. The summed E-state index contributed by atoms with van der Waals surface area (Å²) >= 11 is 1.58. The van der Waals surface area contributed by atoms with E-state index in [-0.39, 0.29) is 11.9 Å². The fourth-order valence-corrected chi connectivity index (χ4v) is 5.64. The summed E-state index contributed by atoms with van der Waals surface area (Å²) in [5.41, 5.74) is 2.92. The van der Waals surface area contributed by atoms with Crippen LogP contribution in [0.25, 0.3) is 11.0 Å². The summed E-state index contributed by atoms with van der Waals surface area (Å²) in [5.74, 6) is 2.40. The first-order valence-corrected chi connectivity index (χ1v) is 13.1. The molecule has 3 N–H and O–H groups in total. The summed E-state index contributed by atoms with van der Waals surface area (Å²) in [7, 11) is 0. The zero-order chi connectivity index (χ0) is 23.2. The van der Waals surface area contributed by atoms with Crippen molar-refractivity contribution in [3.05, 3.63) is 59.9 Å². The van der Waals surface area contributed by atoms with Crippen molar-refractivity contribution in [2.75, 3.05) is 25.4 Å². The van der Waals surface area contributed by atoms with Crippen LogP contribution in [0.5, 0.6) is 5.75 Å². The number of amidine groups is 1. The number of carbonyl (C=O) groups is 1. The van der Waals surface area contributed by atoms with Gasteiger partial charge in [0.15, 0.2) is 5.17 Å². The highest BCUT2D eigenvalue weighted by molar-refractivity contribution is 8.14. The molecule has 2 aliphatic rings. The van der Waals surface area contributed by atoms with Gasteiger partial charge in [-0.3, -0.25) is 9.79 Å². The van der Waals surface area contributed by atoms with E-state index < -0.39 is 0 Å². The highest BCUT2D eigenvalue weighted by Crippen LogP contribution is 2.33. The maximum atomic E-state index is 12.7. The van der Waals surface area contributed by atoms with Crippen LogP contribution in [0.3, 0.4) is 0 Å². The third kappa shape index (κ3) is 5.80. The first-order valence-electron chi connectivity index (χ1n) is 12.1. The monoisotopic (exact) mass is 477 g/mol. The lowest BCUT2D eigenvalue weighted by atomic mass is 9.93. The number of rotatable bonds is 8. The van der Waals surface area contributed by atoms with Crippen LogP contribution in [0.4, 0.5) is 0 Å². The largest absolute Gasteiger partial charge is 0.494 e. The van der Waals surface area contributed by atoms with Gasteiger partial charge in [-0.05, 0) is 74.5 Å². The topological polar surface area (TPSA) is 91.4 Å². The summed E-state index contributed by atoms with van der Waals surface area (Å²) in [6.07, 6.45) is 8.88. The van der Waals surface area contributed by atoms with E-state index in [2.05, 4.69) is 20.6 Å². The zero-order valence-corrected chi connectivity index (χ0v) is 20.1. The standard InChI is InChI=1S/C26H31N5O2S/c32-24(31-26-30-23(17-34-26)22-16-29-25-21(22)7-2-10-28-25)15-19-4-1-6-20(14-19)33-13-3-5-18-8-11-27-12-9-18/h1-2,4,6-7,10,14,16,18,23,27H,3,5,8-9,11-13,15,17H2,(H,28,29)(H,30,31,32). The van der Waals surface area contributed by atoms with Crippen LogP contribution in [0, 0.1) is 5.92 Å². The second-order valence-electron chi connectivity index (χ2n) is 8.96. The number of aliphatic imine (C=N–C) groups is 1. The number of hydrogen-bond donors (Lipinski definition) is 3. The highest BCUT2D eigenvalue weighted by Gasteiger charge is 2.24. The Morgan fingerprint density at radius 2 is 2.12 bits per heavy atom. The number of hydrogen-bond acceptors (Lipinski definition) is 6. The molecule has 5 rings (SSSR count). The van der Waals surface area contributed by atoms with Gasteiger partial charge in [0.25, 0.3) is 0 Å². The minimum atomic E-state index is -0.0597. The molecule has 7 nitrogen and oxygen atoms in total. The smallest absolute Gasteiger partial charge is 0.230 e. The van der Waals surface area contributed by atoms with Crippen molar-refractivity contribution < 1.29 is 9.53 Å². The number of thioether (sulfide) groups is 1. The molecule has 34 heavy (non-hydrogen) atoms. The van der Waals surface area contributed by atoms with E-state index in [0.29, 0.717) is 11.6 Å². The average Bonchev–Trinajstić information content (AvgIpc) is 3.49. The number of aromatic nitrogens is 2. The van der Waals surface area contributed by atoms with Crippen LogP contribution in [0.15, 0.2) is 53.8 Å². The lowest BCUT2D eigenvalue weighted by Crippen LogP contribution is -2.28. The number of H-pyrrole nitrogens is 1. The molecule has 3 aromatic rings. The molecular weight excluding hydrogens is 446 g/mol. The summed E-state index contributed by atoms with van der Waals surface area (Å²) in [6.45, 7) is 3.00.